The Morgan fingerprint density at radius 3 is 2.55 bits per heavy atom. The molecule has 20 heavy (non-hydrogen) atoms. The van der Waals surface area contributed by atoms with Gasteiger partial charge in [-0.05, 0) is 37.1 Å². The number of aromatic amines is 1. The first-order chi connectivity index (χ1) is 9.72. The first kappa shape index (κ1) is 12.5. The van der Waals surface area contributed by atoms with Crippen molar-refractivity contribution in [3.63, 3.8) is 0 Å². The highest BCUT2D eigenvalue weighted by molar-refractivity contribution is 6.01. The number of anilines is 3. The summed E-state index contributed by atoms with van der Waals surface area (Å²) < 4.78 is 0. The Hall–Kier alpha value is -2.57. The predicted octanol–water partition coefficient (Wildman–Crippen LogP) is 1.24. The summed E-state index contributed by atoms with van der Waals surface area (Å²) in [5, 5.41) is 8.84. The molecule has 4 N–H and O–H groups in total. The van der Waals surface area contributed by atoms with E-state index >= 15 is 0 Å². The van der Waals surface area contributed by atoms with E-state index in [0.29, 0.717) is 5.69 Å². The number of benzene rings is 1. The molecule has 0 saturated carbocycles. The molecular formula is C13H16N6O. The van der Waals surface area contributed by atoms with Gasteiger partial charge in [-0.25, -0.2) is 0 Å². The van der Waals surface area contributed by atoms with Crippen LogP contribution in [-0.4, -0.2) is 34.2 Å². The summed E-state index contributed by atoms with van der Waals surface area (Å²) in [5.41, 5.74) is 7.26. The lowest BCUT2D eigenvalue weighted by atomic mass is 10.2. The van der Waals surface area contributed by atoms with E-state index < -0.39 is 0 Å². The molecule has 0 atom stereocenters. The minimum Gasteiger partial charge on any atom is -0.372 e. The van der Waals surface area contributed by atoms with E-state index in [1.807, 2.05) is 24.3 Å². The van der Waals surface area contributed by atoms with Crippen LogP contribution in [0.3, 0.4) is 0 Å². The zero-order valence-electron chi connectivity index (χ0n) is 11.0. The molecule has 0 radical (unpaired) electrons. The zero-order chi connectivity index (χ0) is 13.9. The Morgan fingerprint density at radius 2 is 1.95 bits per heavy atom. The van der Waals surface area contributed by atoms with Gasteiger partial charge in [-0.15, -0.1) is 5.10 Å². The van der Waals surface area contributed by atoms with E-state index in [0.717, 1.165) is 13.1 Å². The molecular weight excluding hydrogens is 256 g/mol. The number of aromatic nitrogens is 3. The van der Waals surface area contributed by atoms with Gasteiger partial charge in [0.15, 0.2) is 0 Å². The monoisotopic (exact) mass is 272 g/mol. The lowest BCUT2D eigenvalue weighted by molar-refractivity contribution is 0.101. The summed E-state index contributed by atoms with van der Waals surface area (Å²) in [7, 11) is 0. The fraction of sp³-hybridized carbons (Fsp3) is 0.308. The number of nitrogens with zero attached hydrogens (tertiary/aromatic N) is 3. The van der Waals surface area contributed by atoms with E-state index in [9.17, 15) is 4.79 Å². The third-order valence-corrected chi connectivity index (χ3v) is 3.31. The van der Waals surface area contributed by atoms with Crippen molar-refractivity contribution < 1.29 is 4.79 Å². The van der Waals surface area contributed by atoms with Crippen molar-refractivity contribution in [3.8, 4) is 0 Å². The molecule has 1 aromatic carbocycles. The van der Waals surface area contributed by atoms with E-state index in [-0.39, 0.29) is 17.7 Å². The number of nitrogens with two attached hydrogens (primary N) is 1. The van der Waals surface area contributed by atoms with Crippen LogP contribution in [0.4, 0.5) is 17.3 Å². The number of carbonyl (C=O) groups excluding carboxylic acids is 1. The predicted molar refractivity (Wildman–Crippen MR) is 76.6 cm³/mol. The fourth-order valence-electron chi connectivity index (χ4n) is 2.30. The average Bonchev–Trinajstić information content (AvgIpc) is 3.10. The molecule has 0 aliphatic carbocycles. The number of carbonyl (C=O) groups is 1. The Balaban J connectivity index is 1.67. The average molecular weight is 272 g/mol. The van der Waals surface area contributed by atoms with Gasteiger partial charge >= 0.3 is 0 Å². The lowest BCUT2D eigenvalue weighted by Crippen LogP contribution is -2.17. The van der Waals surface area contributed by atoms with Gasteiger partial charge in [0.25, 0.3) is 5.91 Å². The molecule has 104 valence electrons. The fourth-order valence-corrected chi connectivity index (χ4v) is 2.30. The second-order valence-corrected chi connectivity index (χ2v) is 4.74. The minimum atomic E-state index is -0.358. The summed E-state index contributed by atoms with van der Waals surface area (Å²) >= 11 is 0. The maximum absolute atomic E-state index is 11.9. The maximum Gasteiger partial charge on any atom is 0.293 e. The van der Waals surface area contributed by atoms with Crippen LogP contribution < -0.4 is 16.0 Å². The Morgan fingerprint density at radius 1 is 1.25 bits per heavy atom. The van der Waals surface area contributed by atoms with Crippen molar-refractivity contribution in [2.24, 2.45) is 0 Å². The van der Waals surface area contributed by atoms with E-state index in [4.69, 9.17) is 5.73 Å². The van der Waals surface area contributed by atoms with Crippen LogP contribution in [0.1, 0.15) is 23.5 Å². The van der Waals surface area contributed by atoms with Crippen molar-refractivity contribution in [3.05, 3.63) is 30.1 Å². The smallest absolute Gasteiger partial charge is 0.293 e. The molecule has 2 aromatic rings. The first-order valence-corrected chi connectivity index (χ1v) is 6.56. The molecule has 1 saturated heterocycles. The van der Waals surface area contributed by atoms with E-state index in [1.165, 1.54) is 18.5 Å². The number of hydrogen-bond acceptors (Lipinski definition) is 5. The first-order valence-electron chi connectivity index (χ1n) is 6.56. The number of nitrogens with one attached hydrogen (secondary N) is 2. The Bertz CT molecular complexity index is 600. The minimum absolute atomic E-state index is 0.0551. The normalized spacial score (nSPS) is 14.5. The van der Waals surface area contributed by atoms with Gasteiger partial charge in [0.05, 0.1) is 0 Å². The molecule has 2 heterocycles. The third kappa shape index (κ3) is 2.56. The van der Waals surface area contributed by atoms with Crippen LogP contribution in [0.25, 0.3) is 0 Å². The van der Waals surface area contributed by atoms with E-state index in [1.54, 1.807) is 0 Å². The van der Waals surface area contributed by atoms with Crippen molar-refractivity contribution in [1.29, 1.82) is 0 Å². The topological polar surface area (TPSA) is 99.9 Å². The number of amides is 1. The van der Waals surface area contributed by atoms with Crippen molar-refractivity contribution in [2.45, 2.75) is 12.8 Å². The summed E-state index contributed by atoms with van der Waals surface area (Å²) in [4.78, 5) is 18.0. The van der Waals surface area contributed by atoms with Gasteiger partial charge in [-0.1, -0.05) is 0 Å². The molecule has 0 unspecified atom stereocenters. The Labute approximate surface area is 116 Å². The summed E-state index contributed by atoms with van der Waals surface area (Å²) in [5.74, 6) is -0.200. The zero-order valence-corrected chi connectivity index (χ0v) is 11.0. The van der Waals surface area contributed by atoms with Crippen LogP contribution in [0.5, 0.6) is 0 Å². The summed E-state index contributed by atoms with van der Waals surface area (Å²) in [6.45, 7) is 2.20. The lowest BCUT2D eigenvalue weighted by Gasteiger charge is -2.17. The molecule has 3 rings (SSSR count). The number of H-pyrrole nitrogens is 1. The van der Waals surface area contributed by atoms with Crippen LogP contribution in [-0.2, 0) is 0 Å². The SMILES string of the molecule is Nc1n[nH]c(C(=O)Nc2ccc(N3CCCC3)cc2)n1. The van der Waals surface area contributed by atoms with Crippen LogP contribution in [0, 0.1) is 0 Å². The number of nitrogen functional groups attached to an aromatic ring is 1. The van der Waals surface area contributed by atoms with Gasteiger partial charge < -0.3 is 16.0 Å². The van der Waals surface area contributed by atoms with Crippen LogP contribution in [0.2, 0.25) is 0 Å². The Kier molecular flexibility index (Phi) is 3.24. The quantitative estimate of drug-likeness (QED) is 0.780. The standard InChI is InChI=1S/C13H16N6O/c14-13-16-11(17-18-13)12(20)15-9-3-5-10(6-4-9)19-7-1-2-8-19/h3-6H,1-2,7-8H2,(H,15,20)(H3,14,16,17,18). The third-order valence-electron chi connectivity index (χ3n) is 3.31. The molecule has 1 amide bonds. The van der Waals surface area contributed by atoms with Gasteiger partial charge in [0.2, 0.25) is 11.8 Å². The largest absolute Gasteiger partial charge is 0.372 e. The highest BCUT2D eigenvalue weighted by Gasteiger charge is 2.13. The highest BCUT2D eigenvalue weighted by Crippen LogP contribution is 2.22. The van der Waals surface area contributed by atoms with E-state index in [2.05, 4.69) is 25.4 Å². The molecule has 1 aliphatic heterocycles. The second-order valence-electron chi connectivity index (χ2n) is 4.74. The van der Waals surface area contributed by atoms with Gasteiger partial charge in [-0.3, -0.25) is 9.89 Å². The molecule has 1 aromatic heterocycles. The van der Waals surface area contributed by atoms with Gasteiger partial charge in [0, 0.05) is 24.5 Å². The van der Waals surface area contributed by atoms with Crippen molar-refractivity contribution >= 4 is 23.2 Å². The summed E-state index contributed by atoms with van der Waals surface area (Å²) in [6, 6.07) is 7.78. The van der Waals surface area contributed by atoms with Crippen molar-refractivity contribution in [2.75, 3.05) is 29.0 Å². The number of rotatable bonds is 3. The molecule has 0 spiro atoms. The molecule has 7 nitrogen and oxygen atoms in total. The van der Waals surface area contributed by atoms with Crippen LogP contribution >= 0.6 is 0 Å². The van der Waals surface area contributed by atoms with Crippen molar-refractivity contribution in [1.82, 2.24) is 15.2 Å². The molecule has 7 heteroatoms. The number of hydrogen-bond donors (Lipinski definition) is 3. The van der Waals surface area contributed by atoms with Gasteiger partial charge in [0.1, 0.15) is 0 Å². The maximum atomic E-state index is 11.9. The highest BCUT2D eigenvalue weighted by atomic mass is 16.2. The summed E-state index contributed by atoms with van der Waals surface area (Å²) in [6.07, 6.45) is 2.48. The van der Waals surface area contributed by atoms with Crippen LogP contribution in [0.15, 0.2) is 24.3 Å². The second kappa shape index (κ2) is 5.20. The molecule has 0 bridgehead atoms. The molecule has 1 fully saturated rings. The molecule has 1 aliphatic rings. The van der Waals surface area contributed by atoms with Gasteiger partial charge in [-0.2, -0.15) is 4.98 Å².